The molecule has 2 atom stereocenters. The monoisotopic (exact) mass is 623 g/mol. The standard InChI is InChI=1S/C25H22N10O6S2/c1-2-41-32-16(19-31-25(27)43-33-19)21(37)30-17-22(38)35-18(24(39)40)14(10-42-23(17)35)9-34-5-3-12(4-6-34)13-7-15(28-8-13)20(36)29-11-26/h3-8,17,23H,2,9-10H2,1H3,(H5,27,29,30,31,33,36,37,39,40)/p+1/b32-16+. The normalized spacial score (nSPS) is 17.9. The van der Waals surface area contributed by atoms with Gasteiger partial charge in [0.05, 0.1) is 0 Å². The van der Waals surface area contributed by atoms with Crippen molar-refractivity contribution in [3.63, 3.8) is 0 Å². The van der Waals surface area contributed by atoms with Gasteiger partial charge >= 0.3 is 5.97 Å². The number of amides is 3. The Morgan fingerprint density at radius 2 is 2.12 bits per heavy atom. The van der Waals surface area contributed by atoms with Gasteiger partial charge in [-0.25, -0.2) is 9.36 Å². The van der Waals surface area contributed by atoms with Crippen LogP contribution in [0.1, 0.15) is 23.2 Å². The van der Waals surface area contributed by atoms with E-state index >= 15 is 0 Å². The van der Waals surface area contributed by atoms with E-state index in [9.17, 15) is 24.3 Å². The first-order valence-corrected chi connectivity index (χ1v) is 14.4. The summed E-state index contributed by atoms with van der Waals surface area (Å²) in [5.41, 5.74) is 7.50. The maximum Gasteiger partial charge on any atom is 0.352 e. The average Bonchev–Trinajstić information content (AvgIpc) is 3.66. The van der Waals surface area contributed by atoms with E-state index in [2.05, 4.69) is 24.8 Å². The number of aromatic amines is 1. The molecule has 220 valence electrons. The van der Waals surface area contributed by atoms with Gasteiger partial charge in [-0.1, -0.05) is 5.16 Å². The number of nitriles is 1. The van der Waals surface area contributed by atoms with E-state index in [1.165, 1.54) is 16.7 Å². The Bertz CT molecular complexity index is 1710. The maximum atomic E-state index is 13.1. The number of rotatable bonds is 10. The number of carboxylic acid groups (broad SMARTS) is 1. The molecule has 16 nitrogen and oxygen atoms in total. The molecule has 0 aromatic carbocycles. The number of nitrogens with zero attached hydrogens (tertiary/aromatic N) is 6. The van der Waals surface area contributed by atoms with E-state index in [1.807, 2.05) is 5.32 Å². The first kappa shape index (κ1) is 29.2. The number of thioether (sulfide) groups is 1. The number of pyridine rings is 1. The summed E-state index contributed by atoms with van der Waals surface area (Å²) in [5, 5.41) is 26.6. The van der Waals surface area contributed by atoms with Crippen LogP contribution in [-0.2, 0) is 25.8 Å². The van der Waals surface area contributed by atoms with E-state index < -0.39 is 35.1 Å². The number of anilines is 1. The van der Waals surface area contributed by atoms with Gasteiger partial charge in [-0.2, -0.15) is 14.6 Å². The predicted octanol–water partition coefficient (Wildman–Crippen LogP) is -0.207. The minimum Gasteiger partial charge on any atom is -0.477 e. The van der Waals surface area contributed by atoms with Crippen LogP contribution in [0.25, 0.3) is 11.1 Å². The van der Waals surface area contributed by atoms with Crippen LogP contribution in [0.4, 0.5) is 5.13 Å². The number of carboxylic acids is 1. The van der Waals surface area contributed by atoms with Gasteiger partial charge < -0.3 is 26.0 Å². The molecule has 0 spiro atoms. The minimum atomic E-state index is -1.26. The van der Waals surface area contributed by atoms with Crippen molar-refractivity contribution in [2.45, 2.75) is 24.9 Å². The van der Waals surface area contributed by atoms with Crippen molar-refractivity contribution in [3.8, 4) is 17.3 Å². The largest absolute Gasteiger partial charge is 0.477 e. The number of hydrogen-bond acceptors (Lipinski definition) is 12. The zero-order valence-electron chi connectivity index (χ0n) is 22.3. The highest BCUT2D eigenvalue weighted by Crippen LogP contribution is 2.40. The number of fused-ring (bicyclic) bond motifs is 1. The second kappa shape index (κ2) is 12.3. The van der Waals surface area contributed by atoms with Gasteiger partial charge in [-0.05, 0) is 18.6 Å². The maximum absolute atomic E-state index is 13.1. The van der Waals surface area contributed by atoms with Crippen molar-refractivity contribution in [2.24, 2.45) is 5.16 Å². The van der Waals surface area contributed by atoms with Gasteiger partial charge in [-0.15, -0.1) is 11.8 Å². The van der Waals surface area contributed by atoms with Crippen molar-refractivity contribution < 1.29 is 33.7 Å². The number of nitrogens with one attached hydrogen (secondary N) is 3. The summed E-state index contributed by atoms with van der Waals surface area (Å²) in [6.45, 7) is 2.06. The molecular weight excluding hydrogens is 600 g/mol. The highest BCUT2D eigenvalue weighted by atomic mass is 32.2. The lowest BCUT2D eigenvalue weighted by Crippen LogP contribution is -2.71. The van der Waals surface area contributed by atoms with Crippen molar-refractivity contribution in [3.05, 3.63) is 59.6 Å². The lowest BCUT2D eigenvalue weighted by Gasteiger charge is -2.49. The van der Waals surface area contributed by atoms with Crippen LogP contribution >= 0.6 is 23.3 Å². The van der Waals surface area contributed by atoms with Crippen LogP contribution in [0.2, 0.25) is 0 Å². The third kappa shape index (κ3) is 5.89. The van der Waals surface area contributed by atoms with E-state index in [4.69, 9.17) is 15.8 Å². The molecule has 0 saturated carbocycles. The number of carbonyl (C=O) groups excluding carboxylic acids is 3. The van der Waals surface area contributed by atoms with Crippen LogP contribution in [0.15, 0.2) is 53.2 Å². The summed E-state index contributed by atoms with van der Waals surface area (Å²) in [5.74, 6) is -2.89. The Balaban J connectivity index is 1.29. The first-order valence-electron chi connectivity index (χ1n) is 12.6. The SMILES string of the molecule is CCO/N=C(/C(=O)NC1C(=O)N2C(C(=O)O)=C(C[n+]3ccc(-c4c[nH]c(C(=O)NC#N)c4)cc3)CSC12)c1nsc(N)n1. The van der Waals surface area contributed by atoms with Crippen molar-refractivity contribution >= 4 is 57.8 Å². The fourth-order valence-corrected chi connectivity index (χ4v) is 6.21. The molecule has 3 aromatic rings. The van der Waals surface area contributed by atoms with E-state index in [-0.39, 0.29) is 41.2 Å². The van der Waals surface area contributed by atoms with Gasteiger partial charge in [0.15, 0.2) is 30.3 Å². The molecular formula is C25H23N10O6S2+. The molecule has 0 bridgehead atoms. The molecule has 2 aliphatic heterocycles. The molecule has 43 heavy (non-hydrogen) atoms. The minimum absolute atomic E-state index is 0.0498. The second-order valence-corrected chi connectivity index (χ2v) is 10.9. The molecule has 1 fully saturated rings. The fraction of sp³-hybridized carbons (Fsp3) is 0.240. The Morgan fingerprint density at radius 1 is 1.35 bits per heavy atom. The molecule has 3 amide bonds. The molecule has 0 radical (unpaired) electrons. The molecule has 2 aliphatic rings. The third-order valence-electron chi connectivity index (χ3n) is 6.38. The van der Waals surface area contributed by atoms with Crippen LogP contribution in [0.3, 0.4) is 0 Å². The Kier molecular flexibility index (Phi) is 8.36. The number of H-pyrrole nitrogens is 1. The lowest BCUT2D eigenvalue weighted by atomic mass is 10.0. The number of β-lactam (4-membered cyclic amide) rings is 1. The molecule has 0 aliphatic carbocycles. The number of nitrogen functional groups attached to an aromatic ring is 1. The highest BCUT2D eigenvalue weighted by molar-refractivity contribution is 8.00. The summed E-state index contributed by atoms with van der Waals surface area (Å²) >= 11 is 2.20. The molecule has 18 heteroatoms. The lowest BCUT2D eigenvalue weighted by molar-refractivity contribution is -0.689. The van der Waals surface area contributed by atoms with Crippen molar-refractivity contribution in [1.82, 2.24) is 29.9 Å². The predicted molar refractivity (Wildman–Crippen MR) is 152 cm³/mol. The molecule has 2 unspecified atom stereocenters. The number of aromatic nitrogens is 4. The number of oxime groups is 1. The van der Waals surface area contributed by atoms with Gasteiger partial charge in [0.25, 0.3) is 17.7 Å². The van der Waals surface area contributed by atoms with Crippen LogP contribution in [0.5, 0.6) is 0 Å². The van der Waals surface area contributed by atoms with Crippen molar-refractivity contribution in [1.29, 1.82) is 5.26 Å². The molecule has 1 saturated heterocycles. The second-order valence-electron chi connectivity index (χ2n) is 9.06. The van der Waals surface area contributed by atoms with Crippen LogP contribution < -0.4 is 20.9 Å². The number of hydrogen-bond donors (Lipinski definition) is 5. The summed E-state index contributed by atoms with van der Waals surface area (Å²) in [6.07, 6.45) is 6.72. The third-order valence-corrected chi connectivity index (χ3v) is 8.27. The number of aliphatic carboxylic acids is 1. The van der Waals surface area contributed by atoms with Gasteiger partial charge in [-0.3, -0.25) is 24.6 Å². The molecule has 6 N–H and O–H groups in total. The van der Waals surface area contributed by atoms with E-state index in [0.29, 0.717) is 11.3 Å². The van der Waals surface area contributed by atoms with E-state index in [0.717, 1.165) is 22.7 Å². The summed E-state index contributed by atoms with van der Waals surface area (Å²) < 4.78 is 5.75. The fourth-order valence-electron chi connectivity index (χ4n) is 4.44. The number of nitrogens with two attached hydrogens (primary N) is 1. The zero-order chi connectivity index (χ0) is 30.7. The van der Waals surface area contributed by atoms with Crippen LogP contribution in [0, 0.1) is 11.5 Å². The summed E-state index contributed by atoms with van der Waals surface area (Å²) in [6, 6.07) is 4.20. The van der Waals surface area contributed by atoms with Gasteiger partial charge in [0, 0.05) is 46.8 Å². The summed E-state index contributed by atoms with van der Waals surface area (Å²) in [4.78, 5) is 63.2. The van der Waals surface area contributed by atoms with Gasteiger partial charge in [0.2, 0.25) is 11.5 Å². The Hall–Kier alpha value is -5.28. The zero-order valence-corrected chi connectivity index (χ0v) is 23.9. The summed E-state index contributed by atoms with van der Waals surface area (Å²) in [7, 11) is 0. The van der Waals surface area contributed by atoms with E-state index in [1.54, 1.807) is 54.5 Å². The molecule has 5 heterocycles. The smallest absolute Gasteiger partial charge is 0.352 e. The Labute approximate surface area is 251 Å². The topological polar surface area (TPSA) is 233 Å². The molecule has 5 rings (SSSR count). The van der Waals surface area contributed by atoms with Crippen LogP contribution in [-0.4, -0.2) is 77.5 Å². The molecule has 3 aromatic heterocycles. The Morgan fingerprint density at radius 3 is 2.77 bits per heavy atom. The van der Waals surface area contributed by atoms with Crippen molar-refractivity contribution in [2.75, 3.05) is 18.1 Å². The average molecular weight is 624 g/mol. The number of carbonyl (C=O) groups is 4. The highest BCUT2D eigenvalue weighted by Gasteiger charge is 2.55. The quantitative estimate of drug-likeness (QED) is 0.0495. The van der Waals surface area contributed by atoms with Gasteiger partial charge in [0.1, 0.15) is 29.4 Å². The first-order chi connectivity index (χ1) is 20.7.